The molecule has 0 radical (unpaired) electrons. The van der Waals surface area contributed by atoms with Crippen LogP contribution in [-0.4, -0.2) is 0 Å². The van der Waals surface area contributed by atoms with E-state index in [-0.39, 0.29) is 23.5 Å². The fourth-order valence-corrected chi connectivity index (χ4v) is 4.28. The first kappa shape index (κ1) is 24.0. The fraction of sp³-hybridized carbons (Fsp3) is 0.357. The highest BCUT2D eigenvalue weighted by Gasteiger charge is 2.21. The first-order valence-electron chi connectivity index (χ1n) is 11.0. The van der Waals surface area contributed by atoms with Gasteiger partial charge < -0.3 is 0 Å². The predicted octanol–water partition coefficient (Wildman–Crippen LogP) is 8.39. The normalized spacial score (nSPS) is 13.3. The Morgan fingerprint density at radius 2 is 1.06 bits per heavy atom. The zero-order chi connectivity index (χ0) is 23.6. The molecular formula is C28H30F4. The van der Waals surface area contributed by atoms with Crippen molar-refractivity contribution in [3.8, 4) is 0 Å². The quantitative estimate of drug-likeness (QED) is 0.322. The number of hydrogen-bond donors (Lipinski definition) is 0. The van der Waals surface area contributed by atoms with Crippen LogP contribution >= 0.6 is 0 Å². The molecule has 0 saturated carbocycles. The molecule has 3 rings (SSSR count). The van der Waals surface area contributed by atoms with E-state index in [0.29, 0.717) is 36.0 Å². The molecule has 3 aromatic rings. The molecule has 0 aliphatic heterocycles. The van der Waals surface area contributed by atoms with Gasteiger partial charge in [-0.2, -0.15) is 0 Å². The molecule has 170 valence electrons. The maximum Gasteiger partial charge on any atom is 0.126 e. The van der Waals surface area contributed by atoms with Crippen LogP contribution in [0.15, 0.2) is 42.5 Å². The summed E-state index contributed by atoms with van der Waals surface area (Å²) in [5.74, 6) is -2.21. The van der Waals surface area contributed by atoms with E-state index in [4.69, 9.17) is 0 Å². The lowest BCUT2D eigenvalue weighted by Crippen LogP contribution is -2.10. The van der Waals surface area contributed by atoms with Crippen molar-refractivity contribution in [1.29, 1.82) is 0 Å². The number of hydrogen-bond acceptors (Lipinski definition) is 0. The summed E-state index contributed by atoms with van der Waals surface area (Å²) < 4.78 is 57.1. The molecule has 0 spiro atoms. The molecule has 2 atom stereocenters. The van der Waals surface area contributed by atoms with E-state index in [9.17, 15) is 17.6 Å². The minimum atomic E-state index is -0.648. The Morgan fingerprint density at radius 3 is 1.62 bits per heavy atom. The highest BCUT2D eigenvalue weighted by molar-refractivity contribution is 5.36. The van der Waals surface area contributed by atoms with Crippen LogP contribution in [0.3, 0.4) is 0 Å². The molecule has 3 aromatic carbocycles. The summed E-state index contributed by atoms with van der Waals surface area (Å²) in [6.45, 7) is 9.57. The monoisotopic (exact) mass is 442 g/mol. The van der Waals surface area contributed by atoms with Crippen molar-refractivity contribution in [2.45, 2.75) is 65.7 Å². The van der Waals surface area contributed by atoms with Crippen LogP contribution in [0, 0.1) is 51.0 Å². The van der Waals surface area contributed by atoms with Crippen molar-refractivity contribution >= 4 is 0 Å². The molecule has 0 fully saturated rings. The van der Waals surface area contributed by atoms with Gasteiger partial charge in [-0.25, -0.2) is 17.6 Å². The minimum Gasteiger partial charge on any atom is -0.207 e. The molecule has 0 aliphatic rings. The zero-order valence-corrected chi connectivity index (χ0v) is 19.3. The first-order valence-corrected chi connectivity index (χ1v) is 11.0. The summed E-state index contributed by atoms with van der Waals surface area (Å²) in [4.78, 5) is 0. The molecule has 0 N–H and O–H groups in total. The Kier molecular flexibility index (Phi) is 7.43. The maximum absolute atomic E-state index is 14.9. The van der Waals surface area contributed by atoms with Gasteiger partial charge in [0.25, 0.3) is 0 Å². The summed E-state index contributed by atoms with van der Waals surface area (Å²) in [6.07, 6.45) is 1.48. The van der Waals surface area contributed by atoms with E-state index in [0.717, 1.165) is 28.3 Å². The van der Waals surface area contributed by atoms with Crippen molar-refractivity contribution in [2.24, 2.45) is 0 Å². The third-order valence-electron chi connectivity index (χ3n) is 6.55. The average Bonchev–Trinajstić information content (AvgIpc) is 2.70. The van der Waals surface area contributed by atoms with Gasteiger partial charge in [-0.05, 0) is 122 Å². The van der Waals surface area contributed by atoms with Gasteiger partial charge in [0.1, 0.15) is 23.3 Å². The lowest BCUT2D eigenvalue weighted by Gasteiger charge is -2.22. The topological polar surface area (TPSA) is 0 Å². The third-order valence-corrected chi connectivity index (χ3v) is 6.55. The molecule has 0 bridgehead atoms. The Balaban J connectivity index is 1.90. The fourth-order valence-electron chi connectivity index (χ4n) is 4.28. The number of benzene rings is 3. The van der Waals surface area contributed by atoms with Crippen molar-refractivity contribution in [2.75, 3.05) is 0 Å². The molecule has 32 heavy (non-hydrogen) atoms. The van der Waals surface area contributed by atoms with Crippen LogP contribution < -0.4 is 0 Å². The lowest BCUT2D eigenvalue weighted by molar-refractivity contribution is 0.498. The summed E-state index contributed by atoms with van der Waals surface area (Å²) in [5.41, 5.74) is 5.41. The van der Waals surface area contributed by atoms with E-state index in [1.54, 1.807) is 6.07 Å². The van der Waals surface area contributed by atoms with Gasteiger partial charge >= 0.3 is 0 Å². The summed E-state index contributed by atoms with van der Waals surface area (Å²) in [6, 6.07) is 10.2. The second-order valence-corrected chi connectivity index (χ2v) is 9.07. The van der Waals surface area contributed by atoms with Gasteiger partial charge in [-0.1, -0.05) is 19.1 Å². The standard InChI is InChI=1S/C28H30F4/c1-16(25-8-17(2)19(4)10-27(25)31)6-7-22(12-21-13-23(29)15-24(30)14-21)26-9-18(3)20(5)11-28(26)32/h8-11,13-16,22H,6-7,12H2,1-5H3/t16-,22?/m1/s1. The van der Waals surface area contributed by atoms with Gasteiger partial charge in [-0.3, -0.25) is 0 Å². The van der Waals surface area contributed by atoms with Gasteiger partial charge in [0, 0.05) is 6.07 Å². The SMILES string of the molecule is Cc1cc(F)c(C(CC[C@@H](C)c2cc(C)c(C)cc2F)Cc2cc(F)cc(F)c2)cc1C. The van der Waals surface area contributed by atoms with E-state index < -0.39 is 11.6 Å². The van der Waals surface area contributed by atoms with Gasteiger partial charge in [0.2, 0.25) is 0 Å². The van der Waals surface area contributed by atoms with Gasteiger partial charge in [-0.15, -0.1) is 0 Å². The molecular weight excluding hydrogens is 412 g/mol. The van der Waals surface area contributed by atoms with Crippen molar-refractivity contribution in [3.63, 3.8) is 0 Å². The van der Waals surface area contributed by atoms with Crippen molar-refractivity contribution in [1.82, 2.24) is 0 Å². The third kappa shape index (κ3) is 5.59. The lowest BCUT2D eigenvalue weighted by atomic mass is 9.83. The second-order valence-electron chi connectivity index (χ2n) is 9.07. The van der Waals surface area contributed by atoms with Crippen LogP contribution in [0.1, 0.15) is 70.5 Å². The second kappa shape index (κ2) is 9.89. The molecule has 1 unspecified atom stereocenters. The Labute approximate surface area is 188 Å². The van der Waals surface area contributed by atoms with Crippen LogP contribution in [-0.2, 0) is 6.42 Å². The van der Waals surface area contributed by atoms with Crippen molar-refractivity contribution < 1.29 is 17.6 Å². The van der Waals surface area contributed by atoms with E-state index in [2.05, 4.69) is 0 Å². The molecule has 0 nitrogen and oxygen atoms in total. The molecule has 0 heterocycles. The van der Waals surface area contributed by atoms with E-state index in [1.165, 1.54) is 18.2 Å². The average molecular weight is 443 g/mol. The number of aryl methyl sites for hydroxylation is 4. The Bertz CT molecular complexity index is 1100. The number of halogens is 4. The predicted molar refractivity (Wildman–Crippen MR) is 122 cm³/mol. The molecule has 0 amide bonds. The Hall–Kier alpha value is -2.62. The largest absolute Gasteiger partial charge is 0.207 e. The van der Waals surface area contributed by atoms with Crippen molar-refractivity contribution in [3.05, 3.63) is 105 Å². The summed E-state index contributed by atoms with van der Waals surface area (Å²) >= 11 is 0. The van der Waals surface area contributed by atoms with Crippen LogP contribution in [0.4, 0.5) is 17.6 Å². The number of rotatable bonds is 7. The maximum atomic E-state index is 14.9. The van der Waals surface area contributed by atoms with E-state index in [1.807, 2.05) is 46.8 Å². The molecule has 0 saturated heterocycles. The van der Waals surface area contributed by atoms with Crippen LogP contribution in [0.2, 0.25) is 0 Å². The zero-order valence-electron chi connectivity index (χ0n) is 19.3. The summed E-state index contributed by atoms with van der Waals surface area (Å²) in [7, 11) is 0. The first-order chi connectivity index (χ1) is 15.0. The highest BCUT2D eigenvalue weighted by atomic mass is 19.1. The van der Waals surface area contributed by atoms with Gasteiger partial charge in [0.15, 0.2) is 0 Å². The minimum absolute atomic E-state index is 0.0735. The van der Waals surface area contributed by atoms with Crippen LogP contribution in [0.5, 0.6) is 0 Å². The molecule has 0 aromatic heterocycles. The Morgan fingerprint density at radius 1 is 0.594 bits per heavy atom. The molecule has 0 aliphatic carbocycles. The smallest absolute Gasteiger partial charge is 0.126 e. The molecule has 4 heteroatoms. The van der Waals surface area contributed by atoms with E-state index >= 15 is 0 Å². The summed E-state index contributed by atoms with van der Waals surface area (Å²) in [5, 5.41) is 0. The highest BCUT2D eigenvalue weighted by Crippen LogP contribution is 2.34. The van der Waals surface area contributed by atoms with Gasteiger partial charge in [0.05, 0.1) is 0 Å². The van der Waals surface area contributed by atoms with Crippen LogP contribution in [0.25, 0.3) is 0 Å².